The highest BCUT2D eigenvalue weighted by atomic mass is 32.2. The first-order valence-corrected chi connectivity index (χ1v) is 10.7. The minimum absolute atomic E-state index is 0.103. The Morgan fingerprint density at radius 1 is 1.03 bits per heavy atom. The number of amides is 1. The highest BCUT2D eigenvalue weighted by Crippen LogP contribution is 2.41. The van der Waals surface area contributed by atoms with Crippen molar-refractivity contribution in [2.24, 2.45) is 0 Å². The number of anilines is 1. The van der Waals surface area contributed by atoms with Crippen LogP contribution in [0, 0.1) is 6.92 Å². The van der Waals surface area contributed by atoms with Gasteiger partial charge < -0.3 is 24.1 Å². The van der Waals surface area contributed by atoms with Crippen molar-refractivity contribution in [1.29, 1.82) is 0 Å². The molecule has 1 aromatic heterocycles. The number of rotatable bonds is 9. The third-order valence-corrected chi connectivity index (χ3v) is 5.59. The van der Waals surface area contributed by atoms with E-state index in [-0.39, 0.29) is 11.7 Å². The fourth-order valence-corrected chi connectivity index (χ4v) is 3.87. The van der Waals surface area contributed by atoms with E-state index in [1.165, 1.54) is 11.8 Å². The van der Waals surface area contributed by atoms with Crippen molar-refractivity contribution in [2.75, 3.05) is 32.4 Å². The maximum Gasteiger partial charge on any atom is 0.234 e. The van der Waals surface area contributed by atoms with E-state index in [9.17, 15) is 4.79 Å². The van der Waals surface area contributed by atoms with Crippen LogP contribution < -0.4 is 19.5 Å². The lowest BCUT2D eigenvalue weighted by molar-refractivity contribution is -0.113. The largest absolute Gasteiger partial charge is 0.493 e. The van der Waals surface area contributed by atoms with E-state index in [4.69, 9.17) is 14.2 Å². The normalized spacial score (nSPS) is 10.6. The second-order valence-electron chi connectivity index (χ2n) is 6.67. The third-order valence-electron chi connectivity index (χ3n) is 4.62. The fourth-order valence-electron chi connectivity index (χ4n) is 3.07. The maximum atomic E-state index is 12.3. The zero-order valence-corrected chi connectivity index (χ0v) is 19.1. The van der Waals surface area contributed by atoms with Gasteiger partial charge in [0.1, 0.15) is 0 Å². The monoisotopic (exact) mass is 442 g/mol. The summed E-state index contributed by atoms with van der Waals surface area (Å²) in [5.41, 5.74) is 2.69. The van der Waals surface area contributed by atoms with E-state index >= 15 is 0 Å². The number of hydrogen-bond acceptors (Lipinski definition) is 7. The summed E-state index contributed by atoms with van der Waals surface area (Å²) in [4.78, 5) is 12.3. The number of methoxy groups -OCH3 is 3. The molecule has 0 radical (unpaired) electrons. The van der Waals surface area contributed by atoms with Crippen molar-refractivity contribution in [2.45, 2.75) is 25.5 Å². The first-order chi connectivity index (χ1) is 15.0. The topological polar surface area (TPSA) is 87.5 Å². The molecule has 0 unspecified atom stereocenters. The third kappa shape index (κ3) is 5.11. The van der Waals surface area contributed by atoms with Crippen LogP contribution in [-0.2, 0) is 11.3 Å². The predicted molar refractivity (Wildman–Crippen MR) is 121 cm³/mol. The fraction of sp³-hybridized carbons (Fsp3) is 0.318. The minimum atomic E-state index is -0.103. The van der Waals surface area contributed by atoms with Crippen molar-refractivity contribution in [3.05, 3.63) is 42.0 Å². The Labute approximate surface area is 185 Å². The quantitative estimate of drug-likeness (QED) is 0.501. The lowest BCUT2D eigenvalue weighted by atomic mass is 10.1. The first kappa shape index (κ1) is 22.5. The van der Waals surface area contributed by atoms with Gasteiger partial charge in [0.25, 0.3) is 0 Å². The smallest absolute Gasteiger partial charge is 0.234 e. The van der Waals surface area contributed by atoms with Crippen molar-refractivity contribution in [3.8, 4) is 28.6 Å². The van der Waals surface area contributed by atoms with Gasteiger partial charge in [-0.25, -0.2) is 0 Å². The van der Waals surface area contributed by atoms with Crippen LogP contribution in [0.2, 0.25) is 0 Å². The number of ether oxygens (including phenoxy) is 3. The SMILES string of the molecule is CCn1c(SCC(=O)Nc2ccc(C)cc2)nnc1-c1cc(OC)c(OC)c(OC)c1. The number of hydrogen-bond donors (Lipinski definition) is 1. The summed E-state index contributed by atoms with van der Waals surface area (Å²) in [5.74, 6) is 2.36. The van der Waals surface area contributed by atoms with Gasteiger partial charge in [0.15, 0.2) is 22.5 Å². The van der Waals surface area contributed by atoms with Crippen LogP contribution in [0.25, 0.3) is 11.4 Å². The van der Waals surface area contributed by atoms with E-state index in [0.29, 0.717) is 34.8 Å². The Balaban J connectivity index is 1.79. The second-order valence-corrected chi connectivity index (χ2v) is 7.61. The van der Waals surface area contributed by atoms with Gasteiger partial charge in [0.05, 0.1) is 27.1 Å². The average Bonchev–Trinajstić information content (AvgIpc) is 3.21. The van der Waals surface area contributed by atoms with Crippen LogP contribution >= 0.6 is 11.8 Å². The van der Waals surface area contributed by atoms with Crippen LogP contribution in [0.4, 0.5) is 5.69 Å². The van der Waals surface area contributed by atoms with Gasteiger partial charge in [-0.15, -0.1) is 10.2 Å². The van der Waals surface area contributed by atoms with E-state index in [0.717, 1.165) is 16.8 Å². The number of carbonyl (C=O) groups excluding carboxylic acids is 1. The molecule has 0 atom stereocenters. The van der Waals surface area contributed by atoms with Gasteiger partial charge in [0.2, 0.25) is 11.7 Å². The van der Waals surface area contributed by atoms with Gasteiger partial charge in [-0.05, 0) is 38.1 Å². The molecule has 8 nitrogen and oxygen atoms in total. The number of aryl methyl sites for hydroxylation is 1. The summed E-state index contributed by atoms with van der Waals surface area (Å²) in [6.45, 7) is 4.65. The molecule has 2 aromatic carbocycles. The van der Waals surface area contributed by atoms with E-state index < -0.39 is 0 Å². The van der Waals surface area contributed by atoms with Crippen LogP contribution in [0.5, 0.6) is 17.2 Å². The van der Waals surface area contributed by atoms with Crippen LogP contribution in [-0.4, -0.2) is 47.8 Å². The standard InChI is InChI=1S/C22H26N4O4S/c1-6-26-21(15-11-17(28-3)20(30-5)18(12-15)29-4)24-25-22(26)31-13-19(27)23-16-9-7-14(2)8-10-16/h7-12H,6,13H2,1-5H3,(H,23,27). The summed E-state index contributed by atoms with van der Waals surface area (Å²) in [7, 11) is 4.70. The van der Waals surface area contributed by atoms with Crippen LogP contribution in [0.3, 0.4) is 0 Å². The molecule has 0 fully saturated rings. The molecule has 1 N–H and O–H groups in total. The van der Waals surface area contributed by atoms with Gasteiger partial charge in [-0.2, -0.15) is 0 Å². The zero-order valence-electron chi connectivity index (χ0n) is 18.3. The summed E-state index contributed by atoms with van der Waals surface area (Å²) >= 11 is 1.34. The van der Waals surface area contributed by atoms with Gasteiger partial charge >= 0.3 is 0 Å². The molecule has 1 heterocycles. The van der Waals surface area contributed by atoms with Crippen molar-refractivity contribution in [3.63, 3.8) is 0 Å². The highest BCUT2D eigenvalue weighted by molar-refractivity contribution is 7.99. The summed E-state index contributed by atoms with van der Waals surface area (Å²) in [6, 6.07) is 11.3. The molecule has 164 valence electrons. The van der Waals surface area contributed by atoms with Crippen molar-refractivity contribution in [1.82, 2.24) is 14.8 Å². The molecule has 0 aliphatic rings. The molecule has 0 aliphatic carbocycles. The van der Waals surface area contributed by atoms with E-state index in [2.05, 4.69) is 15.5 Å². The number of carbonyl (C=O) groups is 1. The van der Waals surface area contributed by atoms with E-state index in [1.807, 2.05) is 54.8 Å². The first-order valence-electron chi connectivity index (χ1n) is 9.73. The summed E-state index contributed by atoms with van der Waals surface area (Å²) < 4.78 is 18.2. The lowest BCUT2D eigenvalue weighted by Gasteiger charge is -2.14. The van der Waals surface area contributed by atoms with Gasteiger partial charge in [-0.3, -0.25) is 4.79 Å². The maximum absolute atomic E-state index is 12.3. The average molecular weight is 443 g/mol. The molecule has 0 bridgehead atoms. The summed E-state index contributed by atoms with van der Waals surface area (Å²) in [6.07, 6.45) is 0. The second kappa shape index (κ2) is 10.2. The Morgan fingerprint density at radius 2 is 1.68 bits per heavy atom. The molecule has 0 saturated heterocycles. The number of nitrogens with one attached hydrogen (secondary N) is 1. The molecular weight excluding hydrogens is 416 g/mol. The number of thioether (sulfide) groups is 1. The van der Waals surface area contributed by atoms with Crippen LogP contribution in [0.15, 0.2) is 41.6 Å². The van der Waals surface area contributed by atoms with Gasteiger partial charge in [-0.1, -0.05) is 29.5 Å². The van der Waals surface area contributed by atoms with Crippen molar-refractivity contribution < 1.29 is 19.0 Å². The Morgan fingerprint density at radius 3 is 2.23 bits per heavy atom. The Kier molecular flexibility index (Phi) is 7.41. The lowest BCUT2D eigenvalue weighted by Crippen LogP contribution is -2.14. The minimum Gasteiger partial charge on any atom is -0.493 e. The molecule has 31 heavy (non-hydrogen) atoms. The predicted octanol–water partition coefficient (Wildman–Crippen LogP) is 4.03. The molecule has 3 rings (SSSR count). The Bertz CT molecular complexity index is 1030. The molecular formula is C22H26N4O4S. The molecule has 9 heteroatoms. The summed E-state index contributed by atoms with van der Waals surface area (Å²) in [5, 5.41) is 12.2. The van der Waals surface area contributed by atoms with Gasteiger partial charge in [0, 0.05) is 17.8 Å². The number of nitrogens with zero attached hydrogens (tertiary/aromatic N) is 3. The van der Waals surface area contributed by atoms with Crippen LogP contribution in [0.1, 0.15) is 12.5 Å². The number of benzene rings is 2. The Hall–Kier alpha value is -3.20. The van der Waals surface area contributed by atoms with Crippen molar-refractivity contribution >= 4 is 23.4 Å². The molecule has 0 aliphatic heterocycles. The zero-order chi connectivity index (χ0) is 22.4. The molecule has 3 aromatic rings. The highest BCUT2D eigenvalue weighted by Gasteiger charge is 2.19. The van der Waals surface area contributed by atoms with E-state index in [1.54, 1.807) is 21.3 Å². The molecule has 0 saturated carbocycles. The molecule has 0 spiro atoms. The molecule has 1 amide bonds. The number of aromatic nitrogens is 3.